The van der Waals surface area contributed by atoms with Gasteiger partial charge in [0, 0.05) is 21.8 Å². The van der Waals surface area contributed by atoms with Crippen molar-refractivity contribution in [2.75, 3.05) is 13.2 Å². The van der Waals surface area contributed by atoms with E-state index in [1.807, 2.05) is 85.8 Å². The van der Waals surface area contributed by atoms with Gasteiger partial charge in [-0.15, -0.1) is 0 Å². The van der Waals surface area contributed by atoms with Crippen LogP contribution in [0.5, 0.6) is 0 Å². The molecule has 2 fully saturated rings. The second-order valence-electron chi connectivity index (χ2n) is 23.4. The van der Waals surface area contributed by atoms with Crippen molar-refractivity contribution in [1.82, 2.24) is 0 Å². The summed E-state index contributed by atoms with van der Waals surface area (Å²) in [5.41, 5.74) is 4.14. The topological polar surface area (TPSA) is 103 Å². The Morgan fingerprint density at radius 1 is 0.577 bits per heavy atom. The number of aliphatic hydroxyl groups is 1. The van der Waals surface area contributed by atoms with Gasteiger partial charge in [0.15, 0.2) is 8.32 Å². The number of benzene rings is 5. The molecule has 3 heterocycles. The fraction of sp³-hybridized carbons (Fsp3) is 0.508. The standard InChI is InChI=1S/C65H84Br2O10Si/c1-46-35-56(72-42-51-29-33-53(67)34-30-51)61(45-70-40-50-27-31-52(66)32-28-50)74-57-37-62(68)65(5,76-59(57)36-46)63(73-43-49-23-15-10-16-24-49)38-58-55(77-78(6,7)64(2,3)4)26-18-17-25-54(71-41-48-21-13-9-14-22-48)60(75-58)44-69-39-47-19-11-8-12-20-47/h8-24,27-34,46,54-63,68H,25-26,35-45H2,1-7H3/b18-17-/t46-,54-,55+,56+,57+,58-,59-,60+,61-,62+,63-,65-/m1/s1. The molecule has 0 unspecified atom stereocenters. The average Bonchev–Trinajstić information content (AvgIpc) is 3.49. The summed E-state index contributed by atoms with van der Waals surface area (Å²) >= 11 is 7.14. The molecule has 0 saturated carbocycles. The van der Waals surface area contributed by atoms with Crippen molar-refractivity contribution < 1.29 is 47.4 Å². The fourth-order valence-corrected chi connectivity index (χ4v) is 12.4. The third-order valence-corrected chi connectivity index (χ3v) is 21.8. The van der Waals surface area contributed by atoms with Crippen LogP contribution in [0.1, 0.15) is 101 Å². The van der Waals surface area contributed by atoms with Gasteiger partial charge in [0.2, 0.25) is 0 Å². The summed E-state index contributed by atoms with van der Waals surface area (Å²) in [6, 6.07) is 47.1. The van der Waals surface area contributed by atoms with Gasteiger partial charge in [-0.1, -0.05) is 187 Å². The largest absolute Gasteiger partial charge is 0.411 e. The molecule has 0 aliphatic carbocycles. The molecule has 78 heavy (non-hydrogen) atoms. The van der Waals surface area contributed by atoms with Gasteiger partial charge in [0.1, 0.15) is 17.8 Å². The summed E-state index contributed by atoms with van der Waals surface area (Å²) in [5.74, 6) is 0.185. The van der Waals surface area contributed by atoms with Crippen LogP contribution in [-0.4, -0.2) is 93.3 Å². The van der Waals surface area contributed by atoms with E-state index in [1.54, 1.807) is 0 Å². The van der Waals surface area contributed by atoms with Crippen LogP contribution in [0.4, 0.5) is 0 Å². The molecule has 12 atom stereocenters. The molecule has 2 saturated heterocycles. The van der Waals surface area contributed by atoms with Gasteiger partial charge >= 0.3 is 0 Å². The number of aliphatic hydroxyl groups excluding tert-OH is 1. The van der Waals surface area contributed by atoms with E-state index in [9.17, 15) is 5.11 Å². The summed E-state index contributed by atoms with van der Waals surface area (Å²) in [4.78, 5) is 0. The smallest absolute Gasteiger partial charge is 0.192 e. The van der Waals surface area contributed by atoms with Crippen LogP contribution >= 0.6 is 31.9 Å². The highest BCUT2D eigenvalue weighted by atomic mass is 79.9. The molecule has 0 aromatic heterocycles. The van der Waals surface area contributed by atoms with E-state index in [2.05, 4.69) is 145 Å². The summed E-state index contributed by atoms with van der Waals surface area (Å²) in [7, 11) is -2.40. The zero-order valence-electron chi connectivity index (χ0n) is 46.9. The van der Waals surface area contributed by atoms with Crippen molar-refractivity contribution in [3.8, 4) is 0 Å². The Balaban J connectivity index is 1.10. The molecule has 3 aliphatic heterocycles. The number of hydrogen-bond donors (Lipinski definition) is 1. The lowest BCUT2D eigenvalue weighted by molar-refractivity contribution is -0.292. The minimum absolute atomic E-state index is 0.0775. The molecule has 1 N–H and O–H groups in total. The Morgan fingerprint density at radius 3 is 1.60 bits per heavy atom. The Labute approximate surface area is 483 Å². The molecule has 5 aromatic carbocycles. The number of halogens is 2. The molecule has 13 heteroatoms. The monoisotopic (exact) mass is 1210 g/mol. The van der Waals surface area contributed by atoms with Crippen LogP contribution in [0.25, 0.3) is 0 Å². The fourth-order valence-electron chi connectivity index (χ4n) is 10.5. The molecule has 0 bridgehead atoms. The van der Waals surface area contributed by atoms with Gasteiger partial charge in [-0.05, 0) is 109 Å². The van der Waals surface area contributed by atoms with Crippen LogP contribution < -0.4 is 0 Å². The quantitative estimate of drug-likeness (QED) is 0.0532. The molecule has 422 valence electrons. The van der Waals surface area contributed by atoms with E-state index in [0.717, 1.165) is 43.2 Å². The summed E-state index contributed by atoms with van der Waals surface area (Å²) < 4.78 is 65.7. The first-order valence-electron chi connectivity index (χ1n) is 28.1. The normalized spacial score (nSPS) is 28.0. The molecule has 5 aromatic rings. The average molecular weight is 1210 g/mol. The van der Waals surface area contributed by atoms with Gasteiger partial charge in [-0.2, -0.15) is 0 Å². The maximum Gasteiger partial charge on any atom is 0.192 e. The molecule has 0 radical (unpaired) electrons. The molecule has 0 amide bonds. The summed E-state index contributed by atoms with van der Waals surface area (Å²) in [6.07, 6.45) is 2.99. The Hall–Kier alpha value is -3.38. The van der Waals surface area contributed by atoms with Gasteiger partial charge in [0.05, 0.1) is 95.1 Å². The third kappa shape index (κ3) is 17.6. The lowest BCUT2D eigenvalue weighted by Crippen LogP contribution is -2.64. The van der Waals surface area contributed by atoms with Crippen molar-refractivity contribution in [2.24, 2.45) is 5.92 Å². The molecule has 8 rings (SSSR count). The second-order valence-corrected chi connectivity index (χ2v) is 30.0. The van der Waals surface area contributed by atoms with Crippen molar-refractivity contribution in [3.63, 3.8) is 0 Å². The number of rotatable bonds is 22. The maximum absolute atomic E-state index is 12.9. The number of fused-ring (bicyclic) bond motifs is 1. The number of hydrogen-bond acceptors (Lipinski definition) is 10. The molecular weight excluding hydrogens is 1130 g/mol. The van der Waals surface area contributed by atoms with Crippen molar-refractivity contribution >= 4 is 40.2 Å². The summed E-state index contributed by atoms with van der Waals surface area (Å²) in [5, 5.41) is 12.8. The Morgan fingerprint density at radius 2 is 1.05 bits per heavy atom. The first kappa shape index (κ1) is 60.7. The van der Waals surface area contributed by atoms with Crippen LogP contribution in [0.15, 0.2) is 161 Å². The highest BCUT2D eigenvalue weighted by Gasteiger charge is 2.54. The van der Waals surface area contributed by atoms with Gasteiger partial charge in [-0.25, -0.2) is 0 Å². The predicted octanol–water partition coefficient (Wildman–Crippen LogP) is 14.7. The van der Waals surface area contributed by atoms with E-state index >= 15 is 0 Å². The summed E-state index contributed by atoms with van der Waals surface area (Å²) in [6.45, 7) is 18.3. The van der Waals surface area contributed by atoms with Gasteiger partial charge < -0.3 is 47.4 Å². The van der Waals surface area contributed by atoms with Crippen molar-refractivity contribution in [3.05, 3.63) is 188 Å². The van der Waals surface area contributed by atoms with Crippen molar-refractivity contribution in [1.29, 1.82) is 0 Å². The first-order chi connectivity index (χ1) is 37.5. The third-order valence-electron chi connectivity index (χ3n) is 16.2. The van der Waals surface area contributed by atoms with E-state index < -0.39 is 50.5 Å². The number of ether oxygens (including phenoxy) is 8. The first-order valence-corrected chi connectivity index (χ1v) is 32.6. The lowest BCUT2D eigenvalue weighted by atomic mass is 9.79. The van der Waals surface area contributed by atoms with E-state index in [1.165, 1.54) is 0 Å². The van der Waals surface area contributed by atoms with Crippen LogP contribution in [-0.2, 0) is 75.4 Å². The van der Waals surface area contributed by atoms with Crippen molar-refractivity contribution in [2.45, 2.75) is 191 Å². The molecule has 3 aliphatic rings. The molecule has 10 nitrogen and oxygen atoms in total. The van der Waals surface area contributed by atoms with Gasteiger partial charge in [-0.3, -0.25) is 0 Å². The zero-order valence-corrected chi connectivity index (χ0v) is 51.0. The molecule has 0 spiro atoms. The van der Waals surface area contributed by atoms with Gasteiger partial charge in [0.25, 0.3) is 0 Å². The predicted molar refractivity (Wildman–Crippen MR) is 317 cm³/mol. The lowest BCUT2D eigenvalue weighted by Gasteiger charge is -2.52. The van der Waals surface area contributed by atoms with E-state index in [-0.39, 0.29) is 42.0 Å². The van der Waals surface area contributed by atoms with Crippen LogP contribution in [0.2, 0.25) is 18.1 Å². The Kier molecular flexibility index (Phi) is 22.6. The highest BCUT2D eigenvalue weighted by molar-refractivity contribution is 9.10. The highest BCUT2D eigenvalue weighted by Crippen LogP contribution is 2.44. The second kappa shape index (κ2) is 29.0. The zero-order chi connectivity index (χ0) is 55.1. The van der Waals surface area contributed by atoms with Crippen LogP contribution in [0, 0.1) is 5.92 Å². The maximum atomic E-state index is 12.9. The minimum atomic E-state index is -2.40. The SMILES string of the molecule is C[C@@H]1C[C@H](OCc2ccc(Br)cc2)[C@@H](COCc2ccc(Br)cc2)O[C@H]2C[C@H](O)[C@](C)([C@@H](C[C@H]3O[C@@H](COCc4ccccc4)[C@H](OCc4ccccc4)C/C=C\C[C@@H]3O[Si](C)(C)C(C)(C)C)OCc3ccccc3)O[C@@H]2C1. The molecular formula is C65H84Br2O10Si. The van der Waals surface area contributed by atoms with E-state index in [4.69, 9.17) is 42.3 Å². The van der Waals surface area contributed by atoms with E-state index in [0.29, 0.717) is 71.7 Å². The minimum Gasteiger partial charge on any atom is -0.411 e. The Bertz CT molecular complexity index is 2550. The van der Waals surface area contributed by atoms with Crippen LogP contribution in [0.3, 0.4) is 0 Å².